The van der Waals surface area contributed by atoms with Crippen molar-refractivity contribution in [2.24, 2.45) is 33.1 Å². The molecule has 1 aromatic carbocycles. The van der Waals surface area contributed by atoms with Gasteiger partial charge in [-0.25, -0.2) is 9.38 Å². The van der Waals surface area contributed by atoms with Crippen LogP contribution in [0.5, 0.6) is 0 Å². The van der Waals surface area contributed by atoms with E-state index in [0.717, 1.165) is 25.9 Å². The maximum atomic E-state index is 14.2. The van der Waals surface area contributed by atoms with E-state index in [0.29, 0.717) is 17.3 Å². The zero-order chi connectivity index (χ0) is 15.4. The Morgan fingerprint density at radius 3 is 2.48 bits per heavy atom. The van der Waals surface area contributed by atoms with Crippen molar-refractivity contribution in [2.75, 3.05) is 18.0 Å². The van der Waals surface area contributed by atoms with Crippen molar-refractivity contribution in [3.05, 3.63) is 24.0 Å². The lowest BCUT2D eigenvalue weighted by molar-refractivity contribution is 0.434. The van der Waals surface area contributed by atoms with Gasteiger partial charge >= 0.3 is 0 Å². The van der Waals surface area contributed by atoms with E-state index >= 15 is 0 Å². The van der Waals surface area contributed by atoms with Crippen molar-refractivity contribution >= 4 is 23.3 Å². The topological polar surface area (TPSA) is 106 Å². The molecule has 21 heavy (non-hydrogen) atoms. The summed E-state index contributed by atoms with van der Waals surface area (Å²) >= 11 is 0. The fourth-order valence-corrected chi connectivity index (χ4v) is 2.36. The molecule has 0 radical (unpaired) electrons. The second-order valence-electron chi connectivity index (χ2n) is 5.31. The highest BCUT2D eigenvalue weighted by Gasteiger charge is 2.18. The van der Waals surface area contributed by atoms with Gasteiger partial charge in [0.1, 0.15) is 5.82 Å². The van der Waals surface area contributed by atoms with Crippen LogP contribution in [0.25, 0.3) is 0 Å². The lowest BCUT2D eigenvalue weighted by Gasteiger charge is -2.32. The minimum Gasteiger partial charge on any atom is -0.370 e. The van der Waals surface area contributed by atoms with Gasteiger partial charge in [-0.15, -0.1) is 0 Å². The number of anilines is 1. The second kappa shape index (κ2) is 6.43. The lowest BCUT2D eigenvalue weighted by atomic mass is 9.99. The molecule has 0 aromatic heterocycles. The molecule has 2 rings (SSSR count). The van der Waals surface area contributed by atoms with Crippen molar-refractivity contribution < 1.29 is 4.39 Å². The first kappa shape index (κ1) is 15.1. The maximum absolute atomic E-state index is 14.2. The van der Waals surface area contributed by atoms with Gasteiger partial charge in [-0.3, -0.25) is 0 Å². The van der Waals surface area contributed by atoms with Crippen molar-refractivity contribution in [1.29, 1.82) is 0 Å². The van der Waals surface area contributed by atoms with Gasteiger partial charge in [-0.05, 0) is 30.9 Å². The molecule has 0 bridgehead atoms. The Morgan fingerprint density at radius 1 is 1.24 bits per heavy atom. The van der Waals surface area contributed by atoms with Crippen LogP contribution >= 0.6 is 0 Å². The number of benzene rings is 1. The second-order valence-corrected chi connectivity index (χ2v) is 5.31. The molecule has 6 nitrogen and oxygen atoms in total. The molecular formula is C14H21FN6. The molecule has 1 aromatic rings. The van der Waals surface area contributed by atoms with Gasteiger partial charge in [-0.1, -0.05) is 6.92 Å². The van der Waals surface area contributed by atoms with E-state index in [1.807, 2.05) is 0 Å². The molecule has 0 saturated carbocycles. The Labute approximate surface area is 123 Å². The predicted molar refractivity (Wildman–Crippen MR) is 84.1 cm³/mol. The van der Waals surface area contributed by atoms with Gasteiger partial charge in [0, 0.05) is 19.2 Å². The molecule has 1 aliphatic heterocycles. The zero-order valence-electron chi connectivity index (χ0n) is 12.1. The van der Waals surface area contributed by atoms with Gasteiger partial charge in [0.05, 0.1) is 11.4 Å². The first-order valence-corrected chi connectivity index (χ1v) is 6.94. The number of hydrogen-bond donors (Lipinski definition) is 3. The highest BCUT2D eigenvalue weighted by molar-refractivity contribution is 5.93. The normalized spacial score (nSPS) is 16.9. The number of halogens is 1. The smallest absolute Gasteiger partial charge is 0.223 e. The Morgan fingerprint density at radius 2 is 1.90 bits per heavy atom. The van der Waals surface area contributed by atoms with Gasteiger partial charge in [-0.2, -0.15) is 4.99 Å². The first-order chi connectivity index (χ1) is 9.95. The minimum absolute atomic E-state index is 0.103. The standard InChI is InChI=1S/C14H21FN6/c1-9-4-6-21(7-5-9)12-3-2-10(8-11(12)15)19-14(18)20-13(16)17/h2-3,8-9H,4-7H2,1H3,(H6,16,17,18,19,20). The Balaban J connectivity index is 2.16. The van der Waals surface area contributed by atoms with E-state index in [1.54, 1.807) is 12.1 Å². The summed E-state index contributed by atoms with van der Waals surface area (Å²) in [6, 6.07) is 4.75. The third kappa shape index (κ3) is 4.08. The molecule has 7 heteroatoms. The average Bonchev–Trinajstić information content (AvgIpc) is 2.39. The van der Waals surface area contributed by atoms with Crippen LogP contribution in [0.3, 0.4) is 0 Å². The van der Waals surface area contributed by atoms with E-state index in [4.69, 9.17) is 17.2 Å². The molecule has 1 fully saturated rings. The molecule has 0 amide bonds. The number of guanidine groups is 2. The lowest BCUT2D eigenvalue weighted by Crippen LogP contribution is -2.33. The summed E-state index contributed by atoms with van der Waals surface area (Å²) in [5.41, 5.74) is 16.9. The van der Waals surface area contributed by atoms with E-state index in [-0.39, 0.29) is 17.7 Å². The van der Waals surface area contributed by atoms with Crippen molar-refractivity contribution in [2.45, 2.75) is 19.8 Å². The quantitative estimate of drug-likeness (QED) is 0.564. The van der Waals surface area contributed by atoms with Crippen molar-refractivity contribution in [3.63, 3.8) is 0 Å². The summed E-state index contributed by atoms with van der Waals surface area (Å²) < 4.78 is 14.2. The van der Waals surface area contributed by atoms with Gasteiger partial charge in [0.15, 0.2) is 5.96 Å². The third-order valence-electron chi connectivity index (χ3n) is 3.54. The fourth-order valence-electron chi connectivity index (χ4n) is 2.36. The maximum Gasteiger partial charge on any atom is 0.223 e. The van der Waals surface area contributed by atoms with Crippen LogP contribution in [0.2, 0.25) is 0 Å². The molecule has 6 N–H and O–H groups in total. The molecule has 1 heterocycles. The summed E-state index contributed by atoms with van der Waals surface area (Å²) in [5.74, 6) is 0.0978. The highest BCUT2D eigenvalue weighted by Crippen LogP contribution is 2.28. The van der Waals surface area contributed by atoms with Crippen LogP contribution < -0.4 is 22.1 Å². The zero-order valence-corrected chi connectivity index (χ0v) is 12.1. The van der Waals surface area contributed by atoms with Crippen molar-refractivity contribution in [1.82, 2.24) is 0 Å². The summed E-state index contributed by atoms with van der Waals surface area (Å²) in [6.45, 7) is 3.96. The Bertz CT molecular complexity index is 557. The van der Waals surface area contributed by atoms with Crippen LogP contribution in [0, 0.1) is 11.7 Å². The minimum atomic E-state index is -0.316. The predicted octanol–water partition coefficient (Wildman–Crippen LogP) is 1.28. The van der Waals surface area contributed by atoms with E-state index < -0.39 is 0 Å². The number of nitrogens with zero attached hydrogens (tertiary/aromatic N) is 3. The first-order valence-electron chi connectivity index (χ1n) is 6.94. The molecule has 114 valence electrons. The largest absolute Gasteiger partial charge is 0.370 e. The number of nitrogens with two attached hydrogens (primary N) is 3. The van der Waals surface area contributed by atoms with Crippen LogP contribution in [0.1, 0.15) is 19.8 Å². The van der Waals surface area contributed by atoms with E-state index in [1.165, 1.54) is 6.07 Å². The Hall–Kier alpha value is -2.31. The van der Waals surface area contributed by atoms with Gasteiger partial charge in [0.2, 0.25) is 5.96 Å². The van der Waals surface area contributed by atoms with E-state index in [2.05, 4.69) is 21.8 Å². The summed E-state index contributed by atoms with van der Waals surface area (Å²) in [6.07, 6.45) is 2.16. The molecule has 0 spiro atoms. The van der Waals surface area contributed by atoms with Gasteiger partial charge in [0.25, 0.3) is 0 Å². The van der Waals surface area contributed by atoms with Crippen LogP contribution in [-0.2, 0) is 0 Å². The molecule has 0 unspecified atom stereocenters. The number of hydrogen-bond acceptors (Lipinski definition) is 2. The molecule has 1 saturated heterocycles. The van der Waals surface area contributed by atoms with E-state index in [9.17, 15) is 4.39 Å². The average molecular weight is 292 g/mol. The number of piperidine rings is 1. The monoisotopic (exact) mass is 292 g/mol. The van der Waals surface area contributed by atoms with Crippen LogP contribution in [0.15, 0.2) is 28.2 Å². The molecule has 0 atom stereocenters. The Kier molecular flexibility index (Phi) is 4.62. The summed E-state index contributed by atoms with van der Waals surface area (Å²) in [4.78, 5) is 9.59. The summed E-state index contributed by atoms with van der Waals surface area (Å²) in [7, 11) is 0. The fraction of sp³-hybridized carbons (Fsp3) is 0.429. The molecule has 1 aliphatic rings. The van der Waals surface area contributed by atoms with Crippen LogP contribution in [-0.4, -0.2) is 25.0 Å². The summed E-state index contributed by atoms with van der Waals surface area (Å²) in [5, 5.41) is 0. The highest BCUT2D eigenvalue weighted by atomic mass is 19.1. The SMILES string of the molecule is CC1CCN(c2ccc(N=C(N)N=C(N)N)cc2F)CC1. The molecular weight excluding hydrogens is 271 g/mol. The molecule has 0 aliphatic carbocycles. The van der Waals surface area contributed by atoms with Gasteiger partial charge < -0.3 is 22.1 Å². The third-order valence-corrected chi connectivity index (χ3v) is 3.54. The van der Waals surface area contributed by atoms with Crippen molar-refractivity contribution in [3.8, 4) is 0 Å². The number of rotatable bonds is 2. The number of aliphatic imine (C=N–C) groups is 2. The van der Waals surface area contributed by atoms with Crippen LogP contribution in [0.4, 0.5) is 15.8 Å².